The molecule has 1 aliphatic carbocycles. The van der Waals surface area contributed by atoms with Crippen LogP contribution in [0.5, 0.6) is 0 Å². The van der Waals surface area contributed by atoms with E-state index in [4.69, 9.17) is 10.9 Å². The molecule has 5 heteroatoms. The molecule has 1 amide bonds. The van der Waals surface area contributed by atoms with Gasteiger partial charge in [-0.25, -0.2) is 0 Å². The third-order valence-corrected chi connectivity index (χ3v) is 3.83. The number of benzene rings is 1. The van der Waals surface area contributed by atoms with Crippen molar-refractivity contribution >= 4 is 11.7 Å². The Morgan fingerprint density at radius 3 is 2.45 bits per heavy atom. The van der Waals surface area contributed by atoms with Crippen molar-refractivity contribution < 1.29 is 10.0 Å². The van der Waals surface area contributed by atoms with E-state index in [-0.39, 0.29) is 24.3 Å². The average molecular weight is 275 g/mol. The van der Waals surface area contributed by atoms with Gasteiger partial charge >= 0.3 is 0 Å². The number of carbonyl (C=O) groups excluding carboxylic acids is 1. The number of nitrogens with zero attached hydrogens (tertiary/aromatic N) is 2. The molecule has 1 aliphatic rings. The number of hydrogen-bond acceptors (Lipinski definition) is 3. The first kappa shape index (κ1) is 14.4. The van der Waals surface area contributed by atoms with Crippen molar-refractivity contribution in [1.29, 1.82) is 0 Å². The normalized spacial score (nSPS) is 17.1. The van der Waals surface area contributed by atoms with Crippen molar-refractivity contribution in [3.05, 3.63) is 35.9 Å². The van der Waals surface area contributed by atoms with Gasteiger partial charge in [0, 0.05) is 6.04 Å². The Morgan fingerprint density at radius 2 is 2.00 bits per heavy atom. The van der Waals surface area contributed by atoms with Gasteiger partial charge in [-0.15, -0.1) is 0 Å². The fraction of sp³-hybridized carbons (Fsp3) is 0.467. The smallest absolute Gasteiger partial charge is 0.233 e. The summed E-state index contributed by atoms with van der Waals surface area (Å²) in [6.07, 6.45) is 1.71. The topological polar surface area (TPSA) is 78.9 Å². The SMILES string of the molecule is CC(C)N(CC(N)=NO)C(=O)C1(c2ccccc2)CC1. The lowest BCUT2D eigenvalue weighted by molar-refractivity contribution is -0.134. The number of amides is 1. The van der Waals surface area contributed by atoms with Gasteiger partial charge in [0.1, 0.15) is 0 Å². The number of rotatable bonds is 5. The highest BCUT2D eigenvalue weighted by atomic mass is 16.4. The van der Waals surface area contributed by atoms with Gasteiger partial charge in [-0.2, -0.15) is 0 Å². The van der Waals surface area contributed by atoms with Crippen molar-refractivity contribution in [1.82, 2.24) is 4.90 Å². The molecule has 108 valence electrons. The van der Waals surface area contributed by atoms with Crippen LogP contribution in [0.4, 0.5) is 0 Å². The maximum atomic E-state index is 12.9. The van der Waals surface area contributed by atoms with Crippen LogP contribution in [0.25, 0.3) is 0 Å². The summed E-state index contributed by atoms with van der Waals surface area (Å²) in [7, 11) is 0. The monoisotopic (exact) mass is 275 g/mol. The van der Waals surface area contributed by atoms with E-state index in [1.165, 1.54) is 0 Å². The second-order valence-corrected chi connectivity index (χ2v) is 5.57. The van der Waals surface area contributed by atoms with Gasteiger partial charge in [-0.1, -0.05) is 35.5 Å². The molecular weight excluding hydrogens is 254 g/mol. The predicted molar refractivity (Wildman–Crippen MR) is 77.6 cm³/mol. The zero-order valence-corrected chi connectivity index (χ0v) is 11.9. The van der Waals surface area contributed by atoms with Gasteiger partial charge in [-0.05, 0) is 32.3 Å². The zero-order valence-electron chi connectivity index (χ0n) is 11.9. The molecule has 0 saturated heterocycles. The van der Waals surface area contributed by atoms with Gasteiger partial charge in [0.05, 0.1) is 12.0 Å². The summed E-state index contributed by atoms with van der Waals surface area (Å²) in [5, 5.41) is 11.7. The molecule has 1 aromatic carbocycles. The first-order valence-electron chi connectivity index (χ1n) is 6.84. The van der Waals surface area contributed by atoms with Crippen molar-refractivity contribution in [2.45, 2.75) is 38.1 Å². The average Bonchev–Trinajstić information content (AvgIpc) is 3.26. The van der Waals surface area contributed by atoms with E-state index in [1.807, 2.05) is 44.2 Å². The van der Waals surface area contributed by atoms with Crippen LogP contribution in [0.1, 0.15) is 32.3 Å². The van der Waals surface area contributed by atoms with Crippen molar-refractivity contribution in [3.8, 4) is 0 Å². The van der Waals surface area contributed by atoms with Crippen LogP contribution in [-0.4, -0.2) is 34.4 Å². The van der Waals surface area contributed by atoms with Gasteiger partial charge in [0.25, 0.3) is 0 Å². The Kier molecular flexibility index (Phi) is 3.97. The Bertz CT molecular complexity index is 507. The summed E-state index contributed by atoms with van der Waals surface area (Å²) in [5.74, 6) is 0.112. The Hall–Kier alpha value is -2.04. The number of oxime groups is 1. The molecule has 0 atom stereocenters. The minimum absolute atomic E-state index is 0.00369. The number of carbonyl (C=O) groups is 1. The fourth-order valence-corrected chi connectivity index (χ4v) is 2.48. The molecule has 0 bridgehead atoms. The third-order valence-electron chi connectivity index (χ3n) is 3.83. The molecule has 1 fully saturated rings. The highest BCUT2D eigenvalue weighted by molar-refractivity contribution is 5.94. The van der Waals surface area contributed by atoms with E-state index < -0.39 is 5.41 Å². The highest BCUT2D eigenvalue weighted by Crippen LogP contribution is 2.49. The van der Waals surface area contributed by atoms with Crippen LogP contribution >= 0.6 is 0 Å². The molecule has 20 heavy (non-hydrogen) atoms. The van der Waals surface area contributed by atoms with E-state index in [2.05, 4.69) is 5.16 Å². The largest absolute Gasteiger partial charge is 0.409 e. The Labute approximate surface area is 119 Å². The number of nitrogens with two attached hydrogens (primary N) is 1. The molecule has 2 rings (SSSR count). The van der Waals surface area contributed by atoms with Crippen LogP contribution < -0.4 is 5.73 Å². The molecule has 0 heterocycles. The summed E-state index contributed by atoms with van der Waals surface area (Å²) < 4.78 is 0. The fourth-order valence-electron chi connectivity index (χ4n) is 2.48. The summed E-state index contributed by atoms with van der Waals surface area (Å²) in [6.45, 7) is 4.02. The van der Waals surface area contributed by atoms with Crippen LogP contribution in [0, 0.1) is 0 Å². The molecule has 5 nitrogen and oxygen atoms in total. The van der Waals surface area contributed by atoms with Crippen molar-refractivity contribution in [2.24, 2.45) is 10.9 Å². The summed E-state index contributed by atoms with van der Waals surface area (Å²) in [4.78, 5) is 14.5. The van der Waals surface area contributed by atoms with Crippen LogP contribution in [-0.2, 0) is 10.2 Å². The highest BCUT2D eigenvalue weighted by Gasteiger charge is 2.53. The van der Waals surface area contributed by atoms with Crippen molar-refractivity contribution in [3.63, 3.8) is 0 Å². The molecule has 0 unspecified atom stereocenters. The first-order chi connectivity index (χ1) is 9.51. The van der Waals surface area contributed by atoms with E-state index in [0.717, 1.165) is 18.4 Å². The lowest BCUT2D eigenvalue weighted by Crippen LogP contribution is -2.47. The van der Waals surface area contributed by atoms with Crippen LogP contribution in [0.3, 0.4) is 0 Å². The maximum Gasteiger partial charge on any atom is 0.233 e. The lowest BCUT2D eigenvalue weighted by Gasteiger charge is -2.30. The van der Waals surface area contributed by atoms with Crippen molar-refractivity contribution in [2.75, 3.05) is 6.54 Å². The third kappa shape index (κ3) is 2.61. The van der Waals surface area contributed by atoms with Gasteiger partial charge in [0.2, 0.25) is 5.91 Å². The Balaban J connectivity index is 2.24. The molecule has 0 aliphatic heterocycles. The molecule has 0 spiro atoms. The molecule has 3 N–H and O–H groups in total. The van der Waals surface area contributed by atoms with E-state index in [1.54, 1.807) is 4.90 Å². The van der Waals surface area contributed by atoms with E-state index >= 15 is 0 Å². The first-order valence-corrected chi connectivity index (χ1v) is 6.84. The quantitative estimate of drug-likeness (QED) is 0.371. The predicted octanol–water partition coefficient (Wildman–Crippen LogP) is 1.70. The van der Waals surface area contributed by atoms with Gasteiger partial charge in [0.15, 0.2) is 5.84 Å². The number of hydrogen-bond donors (Lipinski definition) is 2. The minimum atomic E-state index is -0.415. The molecule has 0 aromatic heterocycles. The van der Waals surface area contributed by atoms with E-state index in [9.17, 15) is 4.79 Å². The second kappa shape index (κ2) is 5.53. The molecule has 1 aromatic rings. The van der Waals surface area contributed by atoms with Crippen LogP contribution in [0.15, 0.2) is 35.5 Å². The molecule has 1 saturated carbocycles. The van der Waals surface area contributed by atoms with Gasteiger partial charge in [-0.3, -0.25) is 4.79 Å². The molecule has 0 radical (unpaired) electrons. The van der Waals surface area contributed by atoms with Gasteiger partial charge < -0.3 is 15.8 Å². The maximum absolute atomic E-state index is 12.9. The van der Waals surface area contributed by atoms with Crippen LogP contribution in [0.2, 0.25) is 0 Å². The summed E-state index contributed by atoms with van der Waals surface area (Å²) in [6, 6.07) is 9.84. The standard InChI is InChI=1S/C15H21N3O2/c1-11(2)18(10-13(16)17-20)14(19)15(8-9-15)12-6-4-3-5-7-12/h3-7,11,20H,8-10H2,1-2H3,(H2,16,17). The summed E-state index contributed by atoms with van der Waals surface area (Å²) >= 11 is 0. The number of amidine groups is 1. The Morgan fingerprint density at radius 1 is 1.40 bits per heavy atom. The lowest BCUT2D eigenvalue weighted by atomic mass is 9.94. The van der Waals surface area contributed by atoms with E-state index in [0.29, 0.717) is 0 Å². The second-order valence-electron chi connectivity index (χ2n) is 5.57. The minimum Gasteiger partial charge on any atom is -0.409 e. The summed E-state index contributed by atoms with van der Waals surface area (Å²) in [5.41, 5.74) is 6.19. The zero-order chi connectivity index (χ0) is 14.8. The molecular formula is C15H21N3O2.